The highest BCUT2D eigenvalue weighted by atomic mass is 16.5. The van der Waals surface area contributed by atoms with E-state index in [2.05, 4.69) is 0 Å². The smallest absolute Gasteiger partial charge is 0.339 e. The molecular formula is C17H17NO4. The second kappa shape index (κ2) is 5.67. The summed E-state index contributed by atoms with van der Waals surface area (Å²) in [6, 6.07) is 8.92. The van der Waals surface area contributed by atoms with Gasteiger partial charge in [-0.05, 0) is 25.0 Å². The standard InChI is InChI=1S/C17H17NO4/c1-21-15-8-4-3-6-11(15)12-10-13(17(20)22-2)14-7-5-9-18(14)16(12)19/h3-4,6,8,10H,5,7,9H2,1-2H3. The first kappa shape index (κ1) is 14.4. The molecule has 1 aromatic heterocycles. The Morgan fingerprint density at radius 3 is 2.68 bits per heavy atom. The van der Waals surface area contributed by atoms with E-state index in [-0.39, 0.29) is 5.56 Å². The van der Waals surface area contributed by atoms with Gasteiger partial charge in [0.05, 0.1) is 25.3 Å². The predicted molar refractivity (Wildman–Crippen MR) is 82.4 cm³/mol. The van der Waals surface area contributed by atoms with E-state index in [1.54, 1.807) is 23.8 Å². The largest absolute Gasteiger partial charge is 0.496 e. The van der Waals surface area contributed by atoms with Crippen LogP contribution in [0.15, 0.2) is 35.1 Å². The molecule has 22 heavy (non-hydrogen) atoms. The lowest BCUT2D eigenvalue weighted by atomic mass is 10.0. The van der Waals surface area contributed by atoms with Crippen molar-refractivity contribution in [2.24, 2.45) is 0 Å². The van der Waals surface area contributed by atoms with E-state index in [1.807, 2.05) is 18.2 Å². The molecular weight excluding hydrogens is 282 g/mol. The van der Waals surface area contributed by atoms with Gasteiger partial charge in [0.15, 0.2) is 0 Å². The van der Waals surface area contributed by atoms with Gasteiger partial charge >= 0.3 is 5.97 Å². The summed E-state index contributed by atoms with van der Waals surface area (Å²) in [7, 11) is 2.91. The van der Waals surface area contributed by atoms with Crippen molar-refractivity contribution in [3.8, 4) is 16.9 Å². The van der Waals surface area contributed by atoms with Crippen molar-refractivity contribution < 1.29 is 14.3 Å². The number of esters is 1. The third kappa shape index (κ3) is 2.19. The third-order valence-corrected chi connectivity index (χ3v) is 4.00. The lowest BCUT2D eigenvalue weighted by Crippen LogP contribution is -2.24. The van der Waals surface area contributed by atoms with E-state index in [0.717, 1.165) is 12.1 Å². The molecule has 0 spiro atoms. The van der Waals surface area contributed by atoms with Crippen LogP contribution in [0.1, 0.15) is 22.5 Å². The molecule has 1 aromatic carbocycles. The molecule has 2 heterocycles. The molecule has 0 bridgehead atoms. The van der Waals surface area contributed by atoms with E-state index in [9.17, 15) is 9.59 Å². The number of nitrogens with zero attached hydrogens (tertiary/aromatic N) is 1. The van der Waals surface area contributed by atoms with Crippen molar-refractivity contribution in [2.45, 2.75) is 19.4 Å². The number of pyridine rings is 1. The van der Waals surface area contributed by atoms with Gasteiger partial charge in [-0.1, -0.05) is 18.2 Å². The second-order valence-corrected chi connectivity index (χ2v) is 5.17. The minimum atomic E-state index is -0.415. The number of ether oxygens (including phenoxy) is 2. The van der Waals surface area contributed by atoms with Crippen molar-refractivity contribution in [1.29, 1.82) is 0 Å². The predicted octanol–water partition coefficient (Wildman–Crippen LogP) is 2.26. The van der Waals surface area contributed by atoms with Gasteiger partial charge < -0.3 is 14.0 Å². The van der Waals surface area contributed by atoms with Crippen LogP contribution in [-0.4, -0.2) is 24.8 Å². The normalized spacial score (nSPS) is 12.8. The fraction of sp³-hybridized carbons (Fsp3) is 0.294. The summed E-state index contributed by atoms with van der Waals surface area (Å²) in [6.45, 7) is 0.626. The van der Waals surface area contributed by atoms with Crippen LogP contribution >= 0.6 is 0 Å². The van der Waals surface area contributed by atoms with Crippen molar-refractivity contribution >= 4 is 5.97 Å². The summed E-state index contributed by atoms with van der Waals surface area (Å²) >= 11 is 0. The van der Waals surface area contributed by atoms with Crippen LogP contribution in [0.2, 0.25) is 0 Å². The van der Waals surface area contributed by atoms with Crippen molar-refractivity contribution in [3.63, 3.8) is 0 Å². The van der Waals surface area contributed by atoms with E-state index in [1.165, 1.54) is 7.11 Å². The molecule has 114 valence electrons. The topological polar surface area (TPSA) is 57.5 Å². The number of methoxy groups -OCH3 is 2. The monoisotopic (exact) mass is 299 g/mol. The highest BCUT2D eigenvalue weighted by molar-refractivity contribution is 5.92. The van der Waals surface area contributed by atoms with E-state index in [0.29, 0.717) is 35.4 Å². The van der Waals surface area contributed by atoms with Crippen LogP contribution < -0.4 is 10.3 Å². The molecule has 1 aliphatic heterocycles. The number of para-hydroxylation sites is 1. The molecule has 0 N–H and O–H groups in total. The number of hydrogen-bond acceptors (Lipinski definition) is 4. The number of hydrogen-bond donors (Lipinski definition) is 0. The molecule has 5 nitrogen and oxygen atoms in total. The van der Waals surface area contributed by atoms with Crippen LogP contribution in [0, 0.1) is 0 Å². The maximum Gasteiger partial charge on any atom is 0.339 e. The zero-order valence-corrected chi connectivity index (χ0v) is 12.6. The van der Waals surface area contributed by atoms with Crippen molar-refractivity contribution in [2.75, 3.05) is 14.2 Å². The summed E-state index contributed by atoms with van der Waals surface area (Å²) < 4.78 is 11.9. The maximum atomic E-state index is 12.7. The van der Waals surface area contributed by atoms with Gasteiger partial charge in [0.1, 0.15) is 5.75 Å². The highest BCUT2D eigenvalue weighted by Gasteiger charge is 2.24. The Morgan fingerprint density at radius 1 is 1.18 bits per heavy atom. The number of carbonyl (C=O) groups excluding carboxylic acids is 1. The first-order chi connectivity index (χ1) is 10.7. The minimum absolute atomic E-state index is 0.0929. The van der Waals surface area contributed by atoms with Crippen molar-refractivity contribution in [3.05, 3.63) is 51.9 Å². The fourth-order valence-electron chi connectivity index (χ4n) is 2.96. The van der Waals surface area contributed by atoms with Crippen LogP contribution in [0.3, 0.4) is 0 Å². The van der Waals surface area contributed by atoms with Crippen LogP contribution in [0.5, 0.6) is 5.75 Å². The average Bonchev–Trinajstić information content (AvgIpc) is 3.05. The molecule has 0 unspecified atom stereocenters. The van der Waals surface area contributed by atoms with Gasteiger partial charge in [-0.2, -0.15) is 0 Å². The fourth-order valence-corrected chi connectivity index (χ4v) is 2.96. The molecule has 5 heteroatoms. The van der Waals surface area contributed by atoms with Gasteiger partial charge in [-0.15, -0.1) is 0 Å². The SMILES string of the molecule is COC(=O)c1cc(-c2ccccc2OC)c(=O)n2c1CCC2. The minimum Gasteiger partial charge on any atom is -0.496 e. The Labute approximate surface area is 128 Å². The highest BCUT2D eigenvalue weighted by Crippen LogP contribution is 2.30. The molecule has 0 atom stereocenters. The van der Waals surface area contributed by atoms with Gasteiger partial charge in [0, 0.05) is 17.8 Å². The average molecular weight is 299 g/mol. The maximum absolute atomic E-state index is 12.7. The molecule has 0 saturated heterocycles. The molecule has 1 aliphatic rings. The summed E-state index contributed by atoms with van der Waals surface area (Å²) in [4.78, 5) is 24.8. The lowest BCUT2D eigenvalue weighted by Gasteiger charge is -2.13. The Bertz CT molecular complexity index is 792. The molecule has 0 fully saturated rings. The number of aromatic nitrogens is 1. The van der Waals surface area contributed by atoms with Gasteiger partial charge in [0.25, 0.3) is 5.56 Å². The van der Waals surface area contributed by atoms with Gasteiger partial charge in [-0.25, -0.2) is 4.79 Å². The second-order valence-electron chi connectivity index (χ2n) is 5.17. The van der Waals surface area contributed by atoms with Crippen LogP contribution in [-0.2, 0) is 17.7 Å². The number of carbonyl (C=O) groups is 1. The quantitative estimate of drug-likeness (QED) is 0.816. The Kier molecular flexibility index (Phi) is 3.71. The molecule has 3 rings (SSSR count). The number of rotatable bonds is 3. The summed E-state index contributed by atoms with van der Waals surface area (Å²) in [5.74, 6) is 0.191. The number of benzene rings is 1. The Hall–Kier alpha value is -2.56. The zero-order valence-electron chi connectivity index (χ0n) is 12.6. The van der Waals surface area contributed by atoms with Crippen LogP contribution in [0.4, 0.5) is 0 Å². The van der Waals surface area contributed by atoms with E-state index < -0.39 is 5.97 Å². The Morgan fingerprint density at radius 2 is 1.95 bits per heavy atom. The summed E-state index contributed by atoms with van der Waals surface area (Å²) in [5.41, 5.74) is 2.27. The van der Waals surface area contributed by atoms with Crippen molar-refractivity contribution in [1.82, 2.24) is 4.57 Å². The van der Waals surface area contributed by atoms with E-state index in [4.69, 9.17) is 9.47 Å². The summed E-state index contributed by atoms with van der Waals surface area (Å²) in [5, 5.41) is 0. The lowest BCUT2D eigenvalue weighted by molar-refractivity contribution is 0.0598. The zero-order chi connectivity index (χ0) is 15.7. The third-order valence-electron chi connectivity index (χ3n) is 4.00. The molecule has 0 amide bonds. The first-order valence-electron chi connectivity index (χ1n) is 7.15. The molecule has 2 aromatic rings. The molecule has 0 aliphatic carbocycles. The van der Waals surface area contributed by atoms with E-state index >= 15 is 0 Å². The summed E-state index contributed by atoms with van der Waals surface area (Å²) in [6.07, 6.45) is 1.57. The Balaban J connectivity index is 2.29. The van der Waals surface area contributed by atoms with Crippen LogP contribution in [0.25, 0.3) is 11.1 Å². The van der Waals surface area contributed by atoms with Gasteiger partial charge in [-0.3, -0.25) is 4.79 Å². The number of fused-ring (bicyclic) bond motifs is 1. The molecule has 0 saturated carbocycles. The first-order valence-corrected chi connectivity index (χ1v) is 7.15. The van der Waals surface area contributed by atoms with Gasteiger partial charge in [0.2, 0.25) is 0 Å². The molecule has 0 radical (unpaired) electrons.